The van der Waals surface area contributed by atoms with Crippen LogP contribution in [0.4, 0.5) is 0 Å². The van der Waals surface area contributed by atoms with Gasteiger partial charge in [-0.1, -0.05) is 6.58 Å². The first-order chi connectivity index (χ1) is 8.04. The Hall–Kier alpha value is -1.70. The summed E-state index contributed by atoms with van der Waals surface area (Å²) in [5, 5.41) is 18.6. The predicted molar refractivity (Wildman–Crippen MR) is 57.5 cm³/mol. The first kappa shape index (κ1) is 11.8. The Morgan fingerprint density at radius 2 is 2.24 bits per heavy atom. The van der Waals surface area contributed by atoms with Gasteiger partial charge in [-0.15, -0.1) is 0 Å². The second-order valence-corrected chi connectivity index (χ2v) is 3.75. The minimum Gasteiger partial charge on any atom is -0.394 e. The van der Waals surface area contributed by atoms with Crippen molar-refractivity contribution >= 4 is 0 Å². The van der Waals surface area contributed by atoms with Crippen LogP contribution < -0.4 is 11.2 Å². The molecular weight excluding hydrogens is 228 g/mol. The Morgan fingerprint density at radius 1 is 1.53 bits per heavy atom. The van der Waals surface area contributed by atoms with Gasteiger partial charge in [0.1, 0.15) is 12.2 Å². The van der Waals surface area contributed by atoms with E-state index < -0.39 is 29.7 Å². The number of nitrogens with one attached hydrogen (secondary N) is 1. The van der Waals surface area contributed by atoms with Gasteiger partial charge in [0.25, 0.3) is 5.56 Å². The molecule has 7 heteroatoms. The molecule has 0 spiro atoms. The largest absolute Gasteiger partial charge is 0.394 e. The van der Waals surface area contributed by atoms with Crippen LogP contribution >= 0.6 is 0 Å². The molecule has 2 rings (SSSR count). The first-order valence-electron chi connectivity index (χ1n) is 4.99. The molecule has 0 bridgehead atoms. The number of hydrogen-bond acceptors (Lipinski definition) is 5. The van der Waals surface area contributed by atoms with Gasteiger partial charge in [-0.3, -0.25) is 14.3 Å². The van der Waals surface area contributed by atoms with E-state index >= 15 is 0 Å². The number of rotatable bonds is 2. The van der Waals surface area contributed by atoms with Crippen molar-refractivity contribution in [3.05, 3.63) is 45.3 Å². The Labute approximate surface area is 95.6 Å². The van der Waals surface area contributed by atoms with Crippen molar-refractivity contribution in [2.45, 2.75) is 18.4 Å². The number of aromatic nitrogens is 2. The fourth-order valence-electron chi connectivity index (χ4n) is 1.71. The lowest BCUT2D eigenvalue weighted by Gasteiger charge is -2.14. The molecular formula is C10H12N2O5. The molecule has 1 aliphatic heterocycles. The molecule has 1 aromatic heterocycles. The molecule has 1 fully saturated rings. The topological polar surface area (TPSA) is 105 Å². The quantitative estimate of drug-likeness (QED) is 0.537. The number of ether oxygens (including phenoxy) is 1. The molecule has 1 aromatic rings. The highest BCUT2D eigenvalue weighted by atomic mass is 16.5. The highest BCUT2D eigenvalue weighted by Gasteiger charge is 2.38. The summed E-state index contributed by atoms with van der Waals surface area (Å²) in [6, 6.07) is 1.16. The van der Waals surface area contributed by atoms with Crippen LogP contribution in [-0.2, 0) is 4.74 Å². The van der Waals surface area contributed by atoms with Crippen LogP contribution in [0.25, 0.3) is 0 Å². The van der Waals surface area contributed by atoms with Gasteiger partial charge in [0.2, 0.25) is 0 Å². The zero-order valence-electron chi connectivity index (χ0n) is 8.87. The third-order valence-corrected chi connectivity index (χ3v) is 2.64. The van der Waals surface area contributed by atoms with E-state index in [-0.39, 0.29) is 12.2 Å². The van der Waals surface area contributed by atoms with Crippen molar-refractivity contribution in [3.8, 4) is 0 Å². The second kappa shape index (κ2) is 4.28. The number of hydrogen-bond donors (Lipinski definition) is 3. The summed E-state index contributed by atoms with van der Waals surface area (Å²) >= 11 is 0. The molecule has 0 aliphatic carbocycles. The monoisotopic (exact) mass is 240 g/mol. The smallest absolute Gasteiger partial charge is 0.330 e. The normalized spacial score (nSPS) is 28.6. The maximum absolute atomic E-state index is 11.5. The molecule has 0 aromatic carbocycles. The number of nitrogens with zero attached hydrogens (tertiary/aromatic N) is 1. The summed E-state index contributed by atoms with van der Waals surface area (Å²) in [6.07, 6.45) is -1.48. The van der Waals surface area contributed by atoms with E-state index in [0.29, 0.717) is 0 Å². The van der Waals surface area contributed by atoms with E-state index in [2.05, 4.69) is 11.6 Å². The van der Waals surface area contributed by atoms with Crippen LogP contribution in [0.1, 0.15) is 6.23 Å². The molecule has 0 saturated carbocycles. The lowest BCUT2D eigenvalue weighted by atomic mass is 10.1. The summed E-state index contributed by atoms with van der Waals surface area (Å²) in [5.41, 5.74) is -0.915. The van der Waals surface area contributed by atoms with Crippen LogP contribution in [0.3, 0.4) is 0 Å². The molecule has 1 aliphatic rings. The summed E-state index contributed by atoms with van der Waals surface area (Å²) in [7, 11) is 0. The number of H-pyrrole nitrogens is 1. The highest BCUT2D eigenvalue weighted by molar-refractivity contribution is 5.14. The molecule has 7 nitrogen and oxygen atoms in total. The molecule has 1 unspecified atom stereocenters. The molecule has 2 heterocycles. The average Bonchev–Trinajstić information content (AvgIpc) is 2.57. The molecule has 17 heavy (non-hydrogen) atoms. The summed E-state index contributed by atoms with van der Waals surface area (Å²) in [6.45, 7) is 3.24. The zero-order chi connectivity index (χ0) is 12.6. The van der Waals surface area contributed by atoms with Gasteiger partial charge in [0, 0.05) is 17.8 Å². The third kappa shape index (κ3) is 1.95. The van der Waals surface area contributed by atoms with Crippen LogP contribution in [-0.4, -0.2) is 38.6 Å². The molecule has 3 N–H and O–H groups in total. The lowest BCUT2D eigenvalue weighted by Crippen LogP contribution is -2.32. The van der Waals surface area contributed by atoms with E-state index in [1.54, 1.807) is 0 Å². The van der Waals surface area contributed by atoms with Crippen molar-refractivity contribution in [1.29, 1.82) is 0 Å². The van der Waals surface area contributed by atoms with E-state index in [9.17, 15) is 14.7 Å². The minimum absolute atomic E-state index is 0.262. The van der Waals surface area contributed by atoms with Gasteiger partial charge in [-0.2, -0.15) is 0 Å². The Balaban J connectivity index is 2.39. The van der Waals surface area contributed by atoms with Gasteiger partial charge in [0.05, 0.1) is 6.61 Å². The average molecular weight is 240 g/mol. The SMILES string of the molecule is C=C1C(O)[C@H](CO)O[C@@H]1n1ccc(=O)[nH]c1=O. The molecule has 3 atom stereocenters. The Kier molecular flexibility index (Phi) is 2.97. The third-order valence-electron chi connectivity index (χ3n) is 2.64. The maximum atomic E-state index is 11.5. The van der Waals surface area contributed by atoms with E-state index in [0.717, 1.165) is 10.6 Å². The zero-order valence-corrected chi connectivity index (χ0v) is 8.87. The number of aromatic amines is 1. The van der Waals surface area contributed by atoms with Crippen LogP contribution in [0.15, 0.2) is 34.0 Å². The van der Waals surface area contributed by atoms with Crippen molar-refractivity contribution in [2.24, 2.45) is 0 Å². The van der Waals surface area contributed by atoms with Crippen molar-refractivity contribution in [2.75, 3.05) is 6.61 Å². The molecule has 1 saturated heterocycles. The van der Waals surface area contributed by atoms with E-state index in [4.69, 9.17) is 9.84 Å². The fraction of sp³-hybridized carbons (Fsp3) is 0.400. The summed E-state index contributed by atoms with van der Waals surface area (Å²) < 4.78 is 6.38. The highest BCUT2D eigenvalue weighted by Crippen LogP contribution is 2.31. The first-order valence-corrected chi connectivity index (χ1v) is 4.99. The maximum Gasteiger partial charge on any atom is 0.330 e. The van der Waals surface area contributed by atoms with Crippen molar-refractivity contribution in [1.82, 2.24) is 9.55 Å². The fourth-order valence-corrected chi connectivity index (χ4v) is 1.71. The number of aliphatic hydroxyl groups excluding tert-OH is 2. The summed E-state index contributed by atoms with van der Waals surface area (Å²) in [4.78, 5) is 24.5. The number of aliphatic hydroxyl groups is 2. The van der Waals surface area contributed by atoms with Gasteiger partial charge in [0.15, 0.2) is 6.23 Å². The van der Waals surface area contributed by atoms with Crippen molar-refractivity contribution < 1.29 is 14.9 Å². The lowest BCUT2D eigenvalue weighted by molar-refractivity contribution is -0.0447. The summed E-state index contributed by atoms with van der Waals surface area (Å²) in [5.74, 6) is 0. The molecule has 92 valence electrons. The minimum atomic E-state index is -1.04. The molecule has 0 amide bonds. The van der Waals surface area contributed by atoms with E-state index in [1.165, 1.54) is 6.20 Å². The Bertz CT molecular complexity index is 546. The molecule has 0 radical (unpaired) electrons. The van der Waals surface area contributed by atoms with Gasteiger partial charge >= 0.3 is 5.69 Å². The Morgan fingerprint density at radius 3 is 2.76 bits per heavy atom. The van der Waals surface area contributed by atoms with Gasteiger partial charge in [-0.05, 0) is 0 Å². The van der Waals surface area contributed by atoms with Crippen molar-refractivity contribution in [3.63, 3.8) is 0 Å². The second-order valence-electron chi connectivity index (χ2n) is 3.75. The standard InChI is InChI=1S/C10H12N2O5/c1-5-8(15)6(4-13)17-9(5)12-3-2-7(14)11-10(12)16/h2-3,6,8-9,13,15H,1,4H2,(H,11,14,16)/t6-,8?,9-/m0/s1. The van der Waals surface area contributed by atoms with Crippen LogP contribution in [0.2, 0.25) is 0 Å². The van der Waals surface area contributed by atoms with Gasteiger partial charge in [-0.25, -0.2) is 4.79 Å². The predicted octanol–water partition coefficient (Wildman–Crippen LogP) is -1.66. The van der Waals surface area contributed by atoms with E-state index in [1.807, 2.05) is 0 Å². The van der Waals surface area contributed by atoms with Crippen LogP contribution in [0, 0.1) is 0 Å². The van der Waals surface area contributed by atoms with Crippen LogP contribution in [0.5, 0.6) is 0 Å². The van der Waals surface area contributed by atoms with Gasteiger partial charge < -0.3 is 14.9 Å².